The van der Waals surface area contributed by atoms with Crippen LogP contribution in [0.5, 0.6) is 0 Å². The van der Waals surface area contributed by atoms with Crippen molar-refractivity contribution in [1.29, 1.82) is 0 Å². The van der Waals surface area contributed by atoms with Crippen LogP contribution in [0.3, 0.4) is 0 Å². The molecule has 11 nitrogen and oxygen atoms in total. The fraction of sp³-hybridized carbons (Fsp3) is 0.567. The summed E-state index contributed by atoms with van der Waals surface area (Å²) in [4.78, 5) is 57.4. The minimum Gasteiger partial charge on any atom is -0.479 e. The molecule has 5 N–H and O–H groups in total. The predicted molar refractivity (Wildman–Crippen MR) is 154 cm³/mol. The Labute approximate surface area is 240 Å². The van der Waals surface area contributed by atoms with Gasteiger partial charge in [-0.2, -0.15) is 0 Å². The zero-order chi connectivity index (χ0) is 30.1. The first-order valence-corrected chi connectivity index (χ1v) is 14.2. The third-order valence-corrected chi connectivity index (χ3v) is 7.39. The molecule has 2 atom stereocenters. The molecule has 3 amide bonds. The molecule has 3 aliphatic rings. The van der Waals surface area contributed by atoms with Crippen LogP contribution < -0.4 is 16.4 Å². The van der Waals surface area contributed by atoms with Crippen molar-refractivity contribution in [2.75, 3.05) is 5.32 Å². The Hall–Kier alpha value is -3.89. The van der Waals surface area contributed by atoms with E-state index >= 15 is 0 Å². The van der Waals surface area contributed by atoms with E-state index in [-0.39, 0.29) is 30.1 Å². The van der Waals surface area contributed by atoms with Gasteiger partial charge in [-0.05, 0) is 114 Å². The lowest BCUT2D eigenvalue weighted by molar-refractivity contribution is -0.143. The fourth-order valence-electron chi connectivity index (χ4n) is 5.50. The number of hydrogen-bond acceptors (Lipinski definition) is 7. The molecule has 1 heterocycles. The normalized spacial score (nSPS) is 19.8. The Morgan fingerprint density at radius 1 is 1.12 bits per heavy atom. The number of aliphatic carboxylic acids is 1. The molecule has 0 spiro atoms. The van der Waals surface area contributed by atoms with Crippen molar-refractivity contribution < 1.29 is 29.0 Å². The third-order valence-electron chi connectivity index (χ3n) is 7.39. The van der Waals surface area contributed by atoms with Gasteiger partial charge in [0.05, 0.1) is 6.54 Å². The molecule has 41 heavy (non-hydrogen) atoms. The van der Waals surface area contributed by atoms with E-state index in [0.29, 0.717) is 28.7 Å². The number of carbonyl (C=O) groups is 4. The van der Waals surface area contributed by atoms with Gasteiger partial charge in [0.15, 0.2) is 6.04 Å². The van der Waals surface area contributed by atoms with Crippen molar-refractivity contribution in [2.45, 2.75) is 90.6 Å². The number of amides is 3. The number of anilines is 1. The van der Waals surface area contributed by atoms with Crippen molar-refractivity contribution in [2.24, 2.45) is 28.5 Å². The van der Waals surface area contributed by atoms with Crippen molar-refractivity contribution in [3.05, 3.63) is 41.6 Å². The predicted octanol–water partition coefficient (Wildman–Crippen LogP) is 3.74. The summed E-state index contributed by atoms with van der Waals surface area (Å²) in [6, 6.07) is 2.81. The molecule has 1 aromatic carbocycles. The van der Waals surface area contributed by atoms with Crippen LogP contribution in [0.4, 0.5) is 10.5 Å². The Morgan fingerprint density at radius 2 is 1.76 bits per heavy atom. The molecular formula is C30H41N5O6. The third kappa shape index (κ3) is 7.45. The van der Waals surface area contributed by atoms with Crippen LogP contribution in [0, 0.1) is 17.8 Å². The summed E-state index contributed by atoms with van der Waals surface area (Å²) in [6.45, 7) is 8.88. The number of nitrogens with zero attached hydrogens (tertiary/aromatic N) is 2. The van der Waals surface area contributed by atoms with Gasteiger partial charge in [0.1, 0.15) is 17.4 Å². The van der Waals surface area contributed by atoms with Gasteiger partial charge >= 0.3 is 12.1 Å². The molecule has 0 bridgehead atoms. The second-order valence-corrected chi connectivity index (χ2v) is 12.4. The molecular weight excluding hydrogens is 526 g/mol. The second kappa shape index (κ2) is 11.9. The average molecular weight is 568 g/mol. The summed E-state index contributed by atoms with van der Waals surface area (Å²) >= 11 is 0. The molecule has 1 aliphatic heterocycles. The van der Waals surface area contributed by atoms with Gasteiger partial charge in [-0.25, -0.2) is 9.59 Å². The van der Waals surface area contributed by atoms with Crippen molar-refractivity contribution in [1.82, 2.24) is 10.2 Å². The minimum absolute atomic E-state index is 0.00887. The number of nitrogens with one attached hydrogen (secondary N) is 2. The number of fused-ring (bicyclic) bond motifs is 1. The van der Waals surface area contributed by atoms with Crippen LogP contribution in [0.2, 0.25) is 0 Å². The zero-order valence-corrected chi connectivity index (χ0v) is 24.3. The van der Waals surface area contributed by atoms with E-state index in [1.165, 1.54) is 17.2 Å². The number of carbonyl (C=O) groups excluding carboxylic acids is 3. The maximum absolute atomic E-state index is 13.8. The lowest BCUT2D eigenvalue weighted by Gasteiger charge is -2.27. The molecule has 0 aromatic heterocycles. The highest BCUT2D eigenvalue weighted by atomic mass is 16.6. The number of hydrogen-bond donors (Lipinski definition) is 4. The molecule has 0 radical (unpaired) electrons. The Balaban J connectivity index is 1.57. The molecule has 2 fully saturated rings. The largest absolute Gasteiger partial charge is 0.479 e. The van der Waals surface area contributed by atoms with E-state index in [0.717, 1.165) is 25.7 Å². The quantitative estimate of drug-likeness (QED) is 0.313. The minimum atomic E-state index is -1.19. The van der Waals surface area contributed by atoms with Crippen molar-refractivity contribution in [3.8, 4) is 0 Å². The maximum Gasteiger partial charge on any atom is 0.411 e. The molecule has 1 aromatic rings. The van der Waals surface area contributed by atoms with Gasteiger partial charge in [0.25, 0.3) is 5.91 Å². The average Bonchev–Trinajstić information content (AvgIpc) is 3.80. The molecule has 4 rings (SSSR count). The summed E-state index contributed by atoms with van der Waals surface area (Å²) in [6.07, 6.45) is 6.04. The monoisotopic (exact) mass is 567 g/mol. The summed E-state index contributed by atoms with van der Waals surface area (Å²) in [5.74, 6) is -1.23. The molecule has 2 saturated carbocycles. The number of carboxylic acid groups (broad SMARTS) is 1. The molecule has 2 unspecified atom stereocenters. The van der Waals surface area contributed by atoms with Gasteiger partial charge < -0.3 is 26.2 Å². The molecule has 0 saturated heterocycles. The summed E-state index contributed by atoms with van der Waals surface area (Å²) in [5, 5.41) is 15.8. The van der Waals surface area contributed by atoms with Gasteiger partial charge in [-0.15, -0.1) is 0 Å². The zero-order valence-electron chi connectivity index (χ0n) is 24.3. The maximum atomic E-state index is 13.8. The first kappa shape index (κ1) is 30.1. The Morgan fingerprint density at radius 3 is 2.27 bits per heavy atom. The Bertz CT molecular complexity index is 1250. The first-order valence-electron chi connectivity index (χ1n) is 14.2. The van der Waals surface area contributed by atoms with E-state index < -0.39 is 35.7 Å². The van der Waals surface area contributed by atoms with E-state index in [2.05, 4.69) is 15.6 Å². The Kier molecular flexibility index (Phi) is 8.74. The number of benzene rings is 1. The number of aliphatic imine (C=N–C) groups is 1. The highest BCUT2D eigenvalue weighted by Gasteiger charge is 2.48. The number of rotatable bonds is 10. The lowest BCUT2D eigenvalue weighted by atomic mass is 9.88. The SMILES string of the molecule is CC(C)N=C(/C=C\N)C(=O)NC(C(=O)Nc1ccc2c(c1)CN(C(=O)OC(C)(C)C)C2C(=O)O)C(C1CC1)C1CC1. The van der Waals surface area contributed by atoms with Crippen molar-refractivity contribution in [3.63, 3.8) is 0 Å². The summed E-state index contributed by atoms with van der Waals surface area (Å²) in [7, 11) is 0. The van der Waals surface area contributed by atoms with E-state index in [1.54, 1.807) is 39.0 Å². The molecule has 11 heteroatoms. The van der Waals surface area contributed by atoms with Gasteiger partial charge in [0.2, 0.25) is 5.91 Å². The van der Waals surface area contributed by atoms with Crippen LogP contribution in [0.15, 0.2) is 35.5 Å². The topological polar surface area (TPSA) is 163 Å². The van der Waals surface area contributed by atoms with Crippen molar-refractivity contribution >= 4 is 35.3 Å². The van der Waals surface area contributed by atoms with E-state index in [9.17, 15) is 24.3 Å². The van der Waals surface area contributed by atoms with Gasteiger partial charge in [0, 0.05) is 11.7 Å². The standard InChI is InChI=1S/C30H41N5O6/c1-16(2)32-22(12-13-31)26(36)34-24(23(17-6-7-17)18-8-9-18)27(37)33-20-10-11-21-19(14-20)15-35(25(21)28(38)39)29(40)41-30(3,4)5/h10-14,16-18,23-25H,6-9,15,31H2,1-5H3,(H,33,37)(H,34,36)(H,38,39)/b13-12-,32-22?. The highest BCUT2D eigenvalue weighted by Crippen LogP contribution is 2.51. The van der Waals surface area contributed by atoms with E-state index in [4.69, 9.17) is 10.5 Å². The fourth-order valence-corrected chi connectivity index (χ4v) is 5.50. The second-order valence-electron chi connectivity index (χ2n) is 12.4. The van der Waals surface area contributed by atoms with Gasteiger partial charge in [-0.3, -0.25) is 19.5 Å². The first-order chi connectivity index (χ1) is 19.3. The summed E-state index contributed by atoms with van der Waals surface area (Å²) < 4.78 is 5.43. The van der Waals surface area contributed by atoms with Crippen LogP contribution in [-0.2, 0) is 25.7 Å². The smallest absolute Gasteiger partial charge is 0.411 e. The number of carboxylic acids is 1. The van der Waals surface area contributed by atoms with Crippen LogP contribution >= 0.6 is 0 Å². The summed E-state index contributed by atoms with van der Waals surface area (Å²) in [5.41, 5.74) is 6.44. The van der Waals surface area contributed by atoms with E-state index in [1.807, 2.05) is 13.8 Å². The molecule has 222 valence electrons. The van der Waals surface area contributed by atoms with Crippen LogP contribution in [0.25, 0.3) is 0 Å². The van der Waals surface area contributed by atoms with Gasteiger partial charge in [-0.1, -0.05) is 6.07 Å². The highest BCUT2D eigenvalue weighted by molar-refractivity contribution is 6.43. The number of nitrogens with two attached hydrogens (primary N) is 1. The van der Waals surface area contributed by atoms with Crippen LogP contribution in [-0.4, -0.2) is 57.3 Å². The number of ether oxygens (including phenoxy) is 1. The molecule has 2 aliphatic carbocycles. The van der Waals surface area contributed by atoms with Crippen LogP contribution in [0.1, 0.15) is 77.5 Å². The lowest BCUT2D eigenvalue weighted by Crippen LogP contribution is -2.51.